The number of amides is 1. The average Bonchev–Trinajstić information content (AvgIpc) is 3.01. The molecule has 0 bridgehead atoms. The van der Waals surface area contributed by atoms with Gasteiger partial charge in [-0.2, -0.15) is 0 Å². The van der Waals surface area contributed by atoms with Crippen molar-refractivity contribution in [2.24, 2.45) is 0 Å². The highest BCUT2D eigenvalue weighted by atomic mass is 35.5. The number of rotatable bonds is 2. The Morgan fingerprint density at radius 2 is 1.69 bits per heavy atom. The SMILES string of the molecule is O=C(Nc1nc2cc3c(cc2s1)OCCO3)c1nc(Cl)c(Cl)c(Cl)c1Cl. The molecule has 0 unspecified atom stereocenters. The molecular weight excluding hydrogens is 444 g/mol. The van der Waals surface area contributed by atoms with Gasteiger partial charge in [-0.15, -0.1) is 0 Å². The normalized spacial score (nSPS) is 13.1. The summed E-state index contributed by atoms with van der Waals surface area (Å²) in [5.41, 5.74) is 0.525. The number of aromatic nitrogens is 2. The second kappa shape index (κ2) is 6.90. The van der Waals surface area contributed by atoms with Crippen LogP contribution in [0.5, 0.6) is 11.5 Å². The number of fused-ring (bicyclic) bond motifs is 2. The summed E-state index contributed by atoms with van der Waals surface area (Å²) >= 11 is 25.0. The quantitative estimate of drug-likeness (QED) is 0.534. The average molecular weight is 451 g/mol. The van der Waals surface area contributed by atoms with Gasteiger partial charge in [0.1, 0.15) is 18.4 Å². The number of anilines is 1. The van der Waals surface area contributed by atoms with Gasteiger partial charge in [-0.1, -0.05) is 57.7 Å². The molecule has 0 aliphatic carbocycles. The summed E-state index contributed by atoms with van der Waals surface area (Å²) in [6.07, 6.45) is 0. The van der Waals surface area contributed by atoms with E-state index in [0.717, 1.165) is 4.70 Å². The van der Waals surface area contributed by atoms with Gasteiger partial charge in [-0.05, 0) is 0 Å². The van der Waals surface area contributed by atoms with Gasteiger partial charge >= 0.3 is 0 Å². The number of thiazole rings is 1. The van der Waals surface area contributed by atoms with E-state index in [1.165, 1.54) is 11.3 Å². The number of nitrogens with zero attached hydrogens (tertiary/aromatic N) is 2. The van der Waals surface area contributed by atoms with E-state index in [9.17, 15) is 4.79 Å². The first-order chi connectivity index (χ1) is 12.4. The Labute approximate surface area is 170 Å². The second-order valence-electron chi connectivity index (χ2n) is 5.13. The van der Waals surface area contributed by atoms with E-state index in [1.54, 1.807) is 6.07 Å². The molecule has 0 saturated heterocycles. The zero-order valence-electron chi connectivity index (χ0n) is 12.6. The summed E-state index contributed by atoms with van der Waals surface area (Å²) in [5.74, 6) is 0.658. The molecule has 1 aromatic carbocycles. The summed E-state index contributed by atoms with van der Waals surface area (Å²) < 4.78 is 11.9. The van der Waals surface area contributed by atoms with Crippen LogP contribution in [0, 0.1) is 0 Å². The van der Waals surface area contributed by atoms with E-state index >= 15 is 0 Å². The predicted molar refractivity (Wildman–Crippen MR) is 103 cm³/mol. The van der Waals surface area contributed by atoms with Crippen molar-refractivity contribution < 1.29 is 14.3 Å². The van der Waals surface area contributed by atoms with Gasteiger partial charge in [0, 0.05) is 12.1 Å². The molecule has 0 radical (unpaired) electrons. The third kappa shape index (κ3) is 3.14. The molecule has 4 rings (SSSR count). The molecule has 1 aliphatic heterocycles. The standard InChI is InChI=1S/C15H7Cl4N3O3S/c16-9-10(17)12(21-13(19)11(9)18)14(23)22-15-20-5-3-6-7(4-8(5)26-15)25-2-1-24-6/h3-4H,1-2H2,(H,20,22,23). The van der Waals surface area contributed by atoms with E-state index < -0.39 is 5.91 Å². The maximum absolute atomic E-state index is 12.5. The van der Waals surface area contributed by atoms with Crippen molar-refractivity contribution in [3.8, 4) is 11.5 Å². The highest BCUT2D eigenvalue weighted by Gasteiger charge is 2.22. The fraction of sp³-hybridized carbons (Fsp3) is 0.133. The fourth-order valence-electron chi connectivity index (χ4n) is 2.31. The monoisotopic (exact) mass is 449 g/mol. The van der Waals surface area contributed by atoms with E-state index in [-0.39, 0.29) is 25.9 Å². The number of nitrogens with one attached hydrogen (secondary N) is 1. The van der Waals surface area contributed by atoms with Crippen molar-refractivity contribution in [3.63, 3.8) is 0 Å². The summed E-state index contributed by atoms with van der Waals surface area (Å²) in [4.78, 5) is 20.7. The molecule has 1 amide bonds. The van der Waals surface area contributed by atoms with Crippen molar-refractivity contribution in [1.29, 1.82) is 0 Å². The Hall–Kier alpha value is -1.51. The molecule has 2 aromatic heterocycles. The summed E-state index contributed by atoms with van der Waals surface area (Å²) in [6.45, 7) is 0.970. The van der Waals surface area contributed by atoms with Gasteiger partial charge in [0.2, 0.25) is 0 Å². The first-order valence-corrected chi connectivity index (χ1v) is 9.48. The lowest BCUT2D eigenvalue weighted by molar-refractivity contribution is 0.102. The fourth-order valence-corrected chi connectivity index (χ4v) is 4.00. The van der Waals surface area contributed by atoms with Crippen LogP contribution in [0.1, 0.15) is 10.5 Å². The molecule has 134 valence electrons. The van der Waals surface area contributed by atoms with Crippen molar-refractivity contribution in [2.75, 3.05) is 18.5 Å². The second-order valence-corrected chi connectivity index (χ2v) is 7.65. The Kier molecular flexibility index (Phi) is 4.75. The lowest BCUT2D eigenvalue weighted by Crippen LogP contribution is -2.15. The molecule has 0 spiro atoms. The van der Waals surface area contributed by atoms with Crippen LogP contribution < -0.4 is 14.8 Å². The molecule has 0 fully saturated rings. The molecule has 0 atom stereocenters. The lowest BCUT2D eigenvalue weighted by Gasteiger charge is -2.17. The Balaban J connectivity index is 1.66. The van der Waals surface area contributed by atoms with Gasteiger partial charge < -0.3 is 9.47 Å². The highest BCUT2D eigenvalue weighted by Crippen LogP contribution is 2.39. The summed E-state index contributed by atoms with van der Waals surface area (Å²) in [5, 5.41) is 2.74. The highest BCUT2D eigenvalue weighted by molar-refractivity contribution is 7.22. The first-order valence-electron chi connectivity index (χ1n) is 7.15. The van der Waals surface area contributed by atoms with Crippen LogP contribution in [0.15, 0.2) is 12.1 Å². The van der Waals surface area contributed by atoms with E-state index in [2.05, 4.69) is 15.3 Å². The lowest BCUT2D eigenvalue weighted by atomic mass is 10.3. The van der Waals surface area contributed by atoms with Crippen LogP contribution in [0.2, 0.25) is 20.2 Å². The van der Waals surface area contributed by atoms with Crippen molar-refractivity contribution in [2.45, 2.75) is 0 Å². The molecule has 6 nitrogen and oxygen atoms in total. The largest absolute Gasteiger partial charge is 0.486 e. The maximum atomic E-state index is 12.5. The minimum absolute atomic E-state index is 0.0135. The number of carbonyl (C=O) groups is 1. The predicted octanol–water partition coefficient (Wildman–Crippen LogP) is 5.33. The molecule has 11 heteroatoms. The third-order valence-electron chi connectivity index (χ3n) is 3.47. The van der Waals surface area contributed by atoms with Crippen LogP contribution in [-0.2, 0) is 0 Å². The van der Waals surface area contributed by atoms with Crippen LogP contribution in [0.4, 0.5) is 5.13 Å². The number of ether oxygens (including phenoxy) is 2. The zero-order valence-corrected chi connectivity index (χ0v) is 16.4. The molecule has 1 aliphatic rings. The molecule has 26 heavy (non-hydrogen) atoms. The minimum Gasteiger partial charge on any atom is -0.486 e. The van der Waals surface area contributed by atoms with Crippen LogP contribution in [0.25, 0.3) is 10.2 Å². The summed E-state index contributed by atoms with van der Waals surface area (Å²) in [7, 11) is 0. The van der Waals surface area contributed by atoms with Gasteiger partial charge in [0.05, 0.1) is 25.3 Å². The van der Waals surface area contributed by atoms with E-state index in [4.69, 9.17) is 55.9 Å². The van der Waals surface area contributed by atoms with Gasteiger partial charge in [-0.3, -0.25) is 10.1 Å². The Morgan fingerprint density at radius 3 is 2.42 bits per heavy atom. The van der Waals surface area contributed by atoms with Crippen molar-refractivity contribution >= 4 is 79.0 Å². The number of hydrogen-bond donors (Lipinski definition) is 1. The maximum Gasteiger partial charge on any atom is 0.277 e. The van der Waals surface area contributed by atoms with Crippen LogP contribution in [0.3, 0.4) is 0 Å². The molecule has 0 saturated carbocycles. The van der Waals surface area contributed by atoms with Gasteiger partial charge in [0.25, 0.3) is 5.91 Å². The smallest absolute Gasteiger partial charge is 0.277 e. The topological polar surface area (TPSA) is 73.3 Å². The van der Waals surface area contributed by atoms with Crippen LogP contribution in [-0.4, -0.2) is 29.1 Å². The van der Waals surface area contributed by atoms with E-state index in [1.807, 2.05) is 6.07 Å². The van der Waals surface area contributed by atoms with Crippen molar-refractivity contribution in [1.82, 2.24) is 9.97 Å². The van der Waals surface area contributed by atoms with E-state index in [0.29, 0.717) is 35.4 Å². The molecule has 1 N–H and O–H groups in total. The number of hydrogen-bond acceptors (Lipinski definition) is 6. The number of halogens is 4. The molecule has 3 heterocycles. The van der Waals surface area contributed by atoms with Gasteiger partial charge in [0.15, 0.2) is 22.3 Å². The number of carbonyl (C=O) groups excluding carboxylic acids is 1. The Morgan fingerprint density at radius 1 is 1.00 bits per heavy atom. The van der Waals surface area contributed by atoms with Crippen molar-refractivity contribution in [3.05, 3.63) is 38.0 Å². The number of pyridine rings is 1. The zero-order chi connectivity index (χ0) is 18.4. The summed E-state index contributed by atoms with van der Waals surface area (Å²) in [6, 6.07) is 3.58. The minimum atomic E-state index is -0.605. The first kappa shape index (κ1) is 17.9. The number of benzene rings is 1. The Bertz CT molecular complexity index is 1010. The molecular formula is C15H7Cl4N3O3S. The molecule has 3 aromatic rings. The van der Waals surface area contributed by atoms with Gasteiger partial charge in [-0.25, -0.2) is 9.97 Å². The van der Waals surface area contributed by atoms with Crippen LogP contribution >= 0.6 is 57.7 Å². The third-order valence-corrected chi connectivity index (χ3v) is 6.08.